The summed E-state index contributed by atoms with van der Waals surface area (Å²) in [5, 5.41) is 15.0. The van der Waals surface area contributed by atoms with Crippen molar-refractivity contribution in [3.05, 3.63) is 29.7 Å². The molecular weight excluding hydrogens is 300 g/mol. The number of rotatable bonds is 4. The molecule has 1 amide bonds. The van der Waals surface area contributed by atoms with E-state index in [2.05, 4.69) is 20.3 Å². The Balaban J connectivity index is 1.58. The Morgan fingerprint density at radius 3 is 3.09 bits per heavy atom. The van der Waals surface area contributed by atoms with Crippen molar-refractivity contribution in [1.82, 2.24) is 20.3 Å². The van der Waals surface area contributed by atoms with E-state index in [4.69, 9.17) is 0 Å². The molecule has 2 heterocycles. The average Bonchev–Trinajstić information content (AvgIpc) is 3.04. The number of nitrogens with one attached hydrogen (secondary N) is 1. The summed E-state index contributed by atoms with van der Waals surface area (Å²) < 4.78 is 0. The number of aliphatic hydroxyl groups is 1. The molecule has 1 fully saturated rings. The van der Waals surface area contributed by atoms with E-state index >= 15 is 0 Å². The molecule has 1 aliphatic rings. The Kier molecular flexibility index (Phi) is 4.74. The van der Waals surface area contributed by atoms with E-state index in [9.17, 15) is 9.90 Å². The lowest BCUT2D eigenvalue weighted by atomic mass is 9.87. The molecule has 2 aromatic rings. The van der Waals surface area contributed by atoms with Crippen LogP contribution in [0.15, 0.2) is 24.0 Å². The summed E-state index contributed by atoms with van der Waals surface area (Å²) in [4.78, 5) is 24.6. The van der Waals surface area contributed by atoms with Crippen LogP contribution in [-0.4, -0.2) is 38.6 Å². The predicted octanol–water partition coefficient (Wildman–Crippen LogP) is 1.88. The highest BCUT2D eigenvalue weighted by Crippen LogP contribution is 2.24. The van der Waals surface area contributed by atoms with Crippen molar-refractivity contribution in [1.29, 1.82) is 0 Å². The third-order valence-electron chi connectivity index (χ3n) is 3.83. The number of aromatic nitrogens is 3. The zero-order valence-corrected chi connectivity index (χ0v) is 12.9. The first kappa shape index (κ1) is 15.1. The zero-order chi connectivity index (χ0) is 15.4. The van der Waals surface area contributed by atoms with Crippen LogP contribution in [0.1, 0.15) is 36.2 Å². The topological polar surface area (TPSA) is 88.0 Å². The Morgan fingerprint density at radius 1 is 1.41 bits per heavy atom. The molecule has 6 nitrogen and oxygen atoms in total. The Labute approximate surface area is 132 Å². The van der Waals surface area contributed by atoms with Crippen molar-refractivity contribution in [2.75, 3.05) is 6.54 Å². The van der Waals surface area contributed by atoms with Gasteiger partial charge in [0.1, 0.15) is 16.4 Å². The Morgan fingerprint density at radius 2 is 2.32 bits per heavy atom. The van der Waals surface area contributed by atoms with Gasteiger partial charge in [-0.3, -0.25) is 14.8 Å². The minimum atomic E-state index is -0.224. The van der Waals surface area contributed by atoms with Crippen LogP contribution in [0.4, 0.5) is 0 Å². The lowest BCUT2D eigenvalue weighted by Gasteiger charge is -2.25. The normalized spacial score (nSPS) is 21.5. The number of hydrogen-bond acceptors (Lipinski definition) is 6. The minimum absolute atomic E-state index is 0.175. The van der Waals surface area contributed by atoms with E-state index in [-0.39, 0.29) is 12.0 Å². The molecule has 1 aliphatic carbocycles. The van der Waals surface area contributed by atoms with Crippen molar-refractivity contribution in [2.24, 2.45) is 5.92 Å². The molecule has 3 rings (SSSR count). The number of carbonyl (C=O) groups excluding carboxylic acids is 1. The van der Waals surface area contributed by atoms with Crippen molar-refractivity contribution in [2.45, 2.75) is 31.8 Å². The molecule has 0 bridgehead atoms. The molecule has 7 heteroatoms. The van der Waals surface area contributed by atoms with Gasteiger partial charge in [0.25, 0.3) is 5.91 Å². The van der Waals surface area contributed by atoms with Crippen LogP contribution in [0.2, 0.25) is 0 Å². The molecule has 2 aromatic heterocycles. The Bertz CT molecular complexity index is 631. The fourth-order valence-corrected chi connectivity index (χ4v) is 3.44. The quantitative estimate of drug-likeness (QED) is 0.898. The van der Waals surface area contributed by atoms with Gasteiger partial charge in [-0.25, -0.2) is 4.98 Å². The van der Waals surface area contributed by atoms with E-state index in [1.165, 1.54) is 11.3 Å². The van der Waals surface area contributed by atoms with Crippen LogP contribution < -0.4 is 5.32 Å². The van der Waals surface area contributed by atoms with Crippen LogP contribution in [0.5, 0.6) is 0 Å². The van der Waals surface area contributed by atoms with Gasteiger partial charge in [0.05, 0.1) is 12.3 Å². The summed E-state index contributed by atoms with van der Waals surface area (Å²) in [5.74, 6) is 0.178. The van der Waals surface area contributed by atoms with Crippen LogP contribution >= 0.6 is 11.3 Å². The molecule has 1 saturated carbocycles. The zero-order valence-electron chi connectivity index (χ0n) is 12.1. The molecule has 0 spiro atoms. The van der Waals surface area contributed by atoms with Crippen molar-refractivity contribution in [3.8, 4) is 10.7 Å². The molecular formula is C15H18N4O2S. The van der Waals surface area contributed by atoms with Crippen LogP contribution in [0.25, 0.3) is 10.7 Å². The second-order valence-electron chi connectivity index (χ2n) is 5.53. The van der Waals surface area contributed by atoms with Crippen molar-refractivity contribution in [3.63, 3.8) is 0 Å². The first-order valence-corrected chi connectivity index (χ1v) is 8.28. The maximum absolute atomic E-state index is 12.1. The molecule has 116 valence electrons. The minimum Gasteiger partial charge on any atom is -0.393 e. The summed E-state index contributed by atoms with van der Waals surface area (Å²) in [5.41, 5.74) is 1.07. The summed E-state index contributed by atoms with van der Waals surface area (Å²) >= 11 is 1.38. The van der Waals surface area contributed by atoms with Crippen LogP contribution in [0, 0.1) is 5.92 Å². The largest absolute Gasteiger partial charge is 0.393 e. The maximum atomic E-state index is 12.1. The summed E-state index contributed by atoms with van der Waals surface area (Å²) in [7, 11) is 0. The predicted molar refractivity (Wildman–Crippen MR) is 83.4 cm³/mol. The van der Waals surface area contributed by atoms with E-state index in [1.54, 1.807) is 24.0 Å². The highest BCUT2D eigenvalue weighted by Gasteiger charge is 2.21. The summed E-state index contributed by atoms with van der Waals surface area (Å²) in [6, 6.07) is 0. The van der Waals surface area contributed by atoms with Gasteiger partial charge >= 0.3 is 0 Å². The lowest BCUT2D eigenvalue weighted by molar-refractivity contribution is 0.0871. The SMILES string of the molecule is O=C(NCC1CCCC(O)C1)c1csc(-c2cnccn2)n1. The van der Waals surface area contributed by atoms with Gasteiger partial charge in [-0.15, -0.1) is 11.3 Å². The van der Waals surface area contributed by atoms with Crippen LogP contribution in [0.3, 0.4) is 0 Å². The standard InChI is InChI=1S/C15H18N4O2S/c20-11-3-1-2-10(6-11)7-18-14(21)13-9-22-15(19-13)12-8-16-4-5-17-12/h4-5,8-11,20H,1-3,6-7H2,(H,18,21). The first-order chi connectivity index (χ1) is 10.7. The van der Waals surface area contributed by atoms with Gasteiger partial charge in [-0.05, 0) is 25.2 Å². The van der Waals surface area contributed by atoms with Gasteiger partial charge in [-0.2, -0.15) is 0 Å². The molecule has 0 radical (unpaired) electrons. The molecule has 2 atom stereocenters. The fourth-order valence-electron chi connectivity index (χ4n) is 2.68. The first-order valence-electron chi connectivity index (χ1n) is 7.40. The number of nitrogens with zero attached hydrogens (tertiary/aromatic N) is 3. The number of thiazole rings is 1. The third-order valence-corrected chi connectivity index (χ3v) is 4.69. The van der Waals surface area contributed by atoms with Gasteiger partial charge in [0.15, 0.2) is 0 Å². The van der Waals surface area contributed by atoms with E-state index < -0.39 is 0 Å². The van der Waals surface area contributed by atoms with Crippen molar-refractivity contribution >= 4 is 17.2 Å². The van der Waals surface area contributed by atoms with E-state index in [0.29, 0.717) is 28.9 Å². The molecule has 2 N–H and O–H groups in total. The molecule has 0 saturated heterocycles. The number of hydrogen-bond donors (Lipinski definition) is 2. The van der Waals surface area contributed by atoms with E-state index in [1.807, 2.05) is 0 Å². The molecule has 2 unspecified atom stereocenters. The average molecular weight is 318 g/mol. The lowest BCUT2D eigenvalue weighted by Crippen LogP contribution is -2.33. The smallest absolute Gasteiger partial charge is 0.270 e. The number of amides is 1. The van der Waals surface area contributed by atoms with Gasteiger partial charge in [-0.1, -0.05) is 6.42 Å². The fraction of sp³-hybridized carbons (Fsp3) is 0.467. The molecule has 0 aromatic carbocycles. The van der Waals surface area contributed by atoms with Gasteiger partial charge in [0.2, 0.25) is 0 Å². The van der Waals surface area contributed by atoms with Crippen molar-refractivity contribution < 1.29 is 9.90 Å². The number of aliphatic hydroxyl groups excluding tert-OH is 1. The molecule has 22 heavy (non-hydrogen) atoms. The molecule has 0 aliphatic heterocycles. The highest BCUT2D eigenvalue weighted by molar-refractivity contribution is 7.13. The van der Waals surface area contributed by atoms with Crippen LogP contribution in [-0.2, 0) is 0 Å². The second-order valence-corrected chi connectivity index (χ2v) is 6.38. The van der Waals surface area contributed by atoms with Gasteiger partial charge < -0.3 is 10.4 Å². The summed E-state index contributed by atoms with van der Waals surface area (Å²) in [6.07, 6.45) is 8.32. The summed E-state index contributed by atoms with van der Waals surface area (Å²) in [6.45, 7) is 0.591. The monoisotopic (exact) mass is 318 g/mol. The second kappa shape index (κ2) is 6.93. The maximum Gasteiger partial charge on any atom is 0.270 e. The number of carbonyl (C=O) groups is 1. The highest BCUT2D eigenvalue weighted by atomic mass is 32.1. The Hall–Kier alpha value is -1.86. The van der Waals surface area contributed by atoms with E-state index in [0.717, 1.165) is 25.7 Å². The van der Waals surface area contributed by atoms with Gasteiger partial charge in [0, 0.05) is 24.3 Å². The third kappa shape index (κ3) is 3.66.